The SMILES string of the molecule is O=C(NCCc1ccc(O)cc1)c1c[nH]cc1-c1ccc(F)cc1. The van der Waals surface area contributed by atoms with Gasteiger partial charge in [0.1, 0.15) is 11.6 Å². The van der Waals surface area contributed by atoms with Gasteiger partial charge in [0.2, 0.25) is 0 Å². The summed E-state index contributed by atoms with van der Waals surface area (Å²) >= 11 is 0. The molecule has 0 aliphatic carbocycles. The van der Waals surface area contributed by atoms with Gasteiger partial charge in [-0.3, -0.25) is 4.79 Å². The molecule has 0 aliphatic rings. The van der Waals surface area contributed by atoms with Gasteiger partial charge < -0.3 is 15.4 Å². The number of phenols is 1. The Morgan fingerprint density at radius 2 is 1.75 bits per heavy atom. The minimum Gasteiger partial charge on any atom is -0.508 e. The first kappa shape index (κ1) is 15.8. The van der Waals surface area contributed by atoms with Crippen LogP contribution in [0, 0.1) is 5.82 Å². The smallest absolute Gasteiger partial charge is 0.253 e. The molecule has 1 aromatic heterocycles. The van der Waals surface area contributed by atoms with Crippen LogP contribution in [-0.4, -0.2) is 22.5 Å². The normalized spacial score (nSPS) is 10.5. The summed E-state index contributed by atoms with van der Waals surface area (Å²) in [6.45, 7) is 0.484. The van der Waals surface area contributed by atoms with Crippen LogP contribution in [0.5, 0.6) is 5.75 Å². The first-order valence-electron chi connectivity index (χ1n) is 7.62. The number of H-pyrrole nitrogens is 1. The molecule has 0 saturated heterocycles. The number of benzene rings is 2. The molecule has 3 aromatic rings. The van der Waals surface area contributed by atoms with Crippen LogP contribution in [0.25, 0.3) is 11.1 Å². The molecule has 122 valence electrons. The third-order valence-electron chi connectivity index (χ3n) is 3.78. The lowest BCUT2D eigenvalue weighted by Crippen LogP contribution is -2.25. The van der Waals surface area contributed by atoms with E-state index in [2.05, 4.69) is 10.3 Å². The topological polar surface area (TPSA) is 65.1 Å². The number of aromatic hydroxyl groups is 1. The number of halogens is 1. The van der Waals surface area contributed by atoms with Gasteiger partial charge in [0.05, 0.1) is 5.56 Å². The number of rotatable bonds is 5. The Kier molecular flexibility index (Phi) is 4.61. The fraction of sp³-hybridized carbons (Fsp3) is 0.105. The van der Waals surface area contributed by atoms with Gasteiger partial charge in [-0.2, -0.15) is 0 Å². The van der Waals surface area contributed by atoms with Crippen molar-refractivity contribution < 1.29 is 14.3 Å². The van der Waals surface area contributed by atoms with Gasteiger partial charge in [-0.25, -0.2) is 4.39 Å². The lowest BCUT2D eigenvalue weighted by atomic mass is 10.0. The Balaban J connectivity index is 1.64. The zero-order valence-electron chi connectivity index (χ0n) is 12.9. The van der Waals surface area contributed by atoms with Gasteiger partial charge in [0.25, 0.3) is 5.91 Å². The van der Waals surface area contributed by atoms with Crippen LogP contribution in [0.1, 0.15) is 15.9 Å². The van der Waals surface area contributed by atoms with E-state index in [1.165, 1.54) is 12.1 Å². The Morgan fingerprint density at radius 1 is 1.04 bits per heavy atom. The first-order chi connectivity index (χ1) is 11.6. The van der Waals surface area contributed by atoms with E-state index in [0.29, 0.717) is 18.5 Å². The number of nitrogens with one attached hydrogen (secondary N) is 2. The van der Waals surface area contributed by atoms with Crippen molar-refractivity contribution in [3.8, 4) is 16.9 Å². The number of hydrogen-bond acceptors (Lipinski definition) is 2. The molecule has 0 unspecified atom stereocenters. The molecule has 0 atom stereocenters. The number of phenolic OH excluding ortho intramolecular Hbond substituents is 1. The maximum atomic E-state index is 13.0. The van der Waals surface area contributed by atoms with Gasteiger partial charge in [-0.1, -0.05) is 24.3 Å². The molecule has 2 aromatic carbocycles. The lowest BCUT2D eigenvalue weighted by molar-refractivity contribution is 0.0955. The summed E-state index contributed by atoms with van der Waals surface area (Å²) in [7, 11) is 0. The second kappa shape index (κ2) is 7.00. The maximum Gasteiger partial charge on any atom is 0.253 e. The molecule has 0 radical (unpaired) electrons. The van der Waals surface area contributed by atoms with Crippen molar-refractivity contribution in [2.24, 2.45) is 0 Å². The van der Waals surface area contributed by atoms with Crippen molar-refractivity contribution >= 4 is 5.91 Å². The summed E-state index contributed by atoms with van der Waals surface area (Å²) < 4.78 is 13.0. The van der Waals surface area contributed by atoms with Crippen LogP contribution in [-0.2, 0) is 6.42 Å². The summed E-state index contributed by atoms with van der Waals surface area (Å²) in [5, 5.41) is 12.1. The number of carbonyl (C=O) groups excluding carboxylic acids is 1. The van der Waals surface area contributed by atoms with Crippen molar-refractivity contribution in [1.82, 2.24) is 10.3 Å². The molecule has 0 aliphatic heterocycles. The summed E-state index contributed by atoms with van der Waals surface area (Å²) in [6.07, 6.45) is 4.03. The molecule has 24 heavy (non-hydrogen) atoms. The largest absolute Gasteiger partial charge is 0.508 e. The zero-order chi connectivity index (χ0) is 16.9. The number of aromatic nitrogens is 1. The average Bonchev–Trinajstić information content (AvgIpc) is 3.07. The highest BCUT2D eigenvalue weighted by atomic mass is 19.1. The molecule has 3 N–H and O–H groups in total. The van der Waals surface area contributed by atoms with E-state index in [9.17, 15) is 14.3 Å². The predicted octanol–water partition coefficient (Wildman–Crippen LogP) is 3.50. The van der Waals surface area contributed by atoms with Crippen LogP contribution in [0.4, 0.5) is 4.39 Å². The Bertz CT molecular complexity index is 823. The number of amides is 1. The van der Waals surface area contributed by atoms with Gasteiger partial charge >= 0.3 is 0 Å². The van der Waals surface area contributed by atoms with E-state index >= 15 is 0 Å². The molecule has 1 amide bonds. The van der Waals surface area contributed by atoms with E-state index in [1.54, 1.807) is 36.7 Å². The van der Waals surface area contributed by atoms with Gasteiger partial charge in [0, 0.05) is 24.5 Å². The quantitative estimate of drug-likeness (QED) is 0.672. The fourth-order valence-corrected chi connectivity index (χ4v) is 2.50. The average molecular weight is 324 g/mol. The van der Waals surface area contributed by atoms with Gasteiger partial charge in [-0.05, 0) is 41.8 Å². The Labute approximate surface area is 139 Å². The molecular formula is C19H17FN2O2. The lowest BCUT2D eigenvalue weighted by Gasteiger charge is -2.07. The highest BCUT2D eigenvalue weighted by molar-refractivity contribution is 6.00. The van der Waals surface area contributed by atoms with Crippen molar-refractivity contribution in [3.63, 3.8) is 0 Å². The van der Waals surface area contributed by atoms with Crippen molar-refractivity contribution in [1.29, 1.82) is 0 Å². The van der Waals surface area contributed by atoms with Crippen molar-refractivity contribution in [3.05, 3.63) is 77.9 Å². The summed E-state index contributed by atoms with van der Waals surface area (Å²) in [5.74, 6) is -0.275. The maximum absolute atomic E-state index is 13.0. The second-order valence-electron chi connectivity index (χ2n) is 5.46. The summed E-state index contributed by atoms with van der Waals surface area (Å²) in [5.41, 5.74) is 3.06. The van der Waals surface area contributed by atoms with Crippen molar-refractivity contribution in [2.45, 2.75) is 6.42 Å². The molecule has 0 spiro atoms. The van der Waals surface area contributed by atoms with E-state index < -0.39 is 0 Å². The van der Waals surface area contributed by atoms with E-state index in [-0.39, 0.29) is 17.5 Å². The molecular weight excluding hydrogens is 307 g/mol. The summed E-state index contributed by atoms with van der Waals surface area (Å²) in [6, 6.07) is 12.9. The molecule has 3 rings (SSSR count). The van der Waals surface area contributed by atoms with E-state index in [0.717, 1.165) is 16.7 Å². The first-order valence-corrected chi connectivity index (χ1v) is 7.62. The molecule has 0 bridgehead atoms. The predicted molar refractivity (Wildman–Crippen MR) is 90.3 cm³/mol. The Hall–Kier alpha value is -3.08. The highest BCUT2D eigenvalue weighted by Crippen LogP contribution is 2.23. The number of hydrogen-bond donors (Lipinski definition) is 3. The van der Waals surface area contributed by atoms with Crippen LogP contribution < -0.4 is 5.32 Å². The zero-order valence-corrected chi connectivity index (χ0v) is 12.9. The minimum atomic E-state index is -0.311. The standard InChI is InChI=1S/C19H17FN2O2/c20-15-5-3-14(4-6-15)17-11-21-12-18(17)19(24)22-10-9-13-1-7-16(23)8-2-13/h1-8,11-12,21,23H,9-10H2,(H,22,24). The van der Waals surface area contributed by atoms with Crippen molar-refractivity contribution in [2.75, 3.05) is 6.54 Å². The van der Waals surface area contributed by atoms with Crippen LogP contribution in [0.3, 0.4) is 0 Å². The van der Waals surface area contributed by atoms with Crippen LogP contribution >= 0.6 is 0 Å². The highest BCUT2D eigenvalue weighted by Gasteiger charge is 2.13. The fourth-order valence-electron chi connectivity index (χ4n) is 2.50. The molecule has 1 heterocycles. The monoisotopic (exact) mass is 324 g/mol. The molecule has 4 nitrogen and oxygen atoms in total. The minimum absolute atomic E-state index is 0.186. The molecule has 5 heteroatoms. The molecule has 0 fully saturated rings. The third-order valence-corrected chi connectivity index (χ3v) is 3.78. The third kappa shape index (κ3) is 3.63. The van der Waals surface area contributed by atoms with E-state index in [1.807, 2.05) is 12.1 Å². The number of aromatic amines is 1. The second-order valence-corrected chi connectivity index (χ2v) is 5.46. The van der Waals surface area contributed by atoms with Gasteiger partial charge in [-0.15, -0.1) is 0 Å². The Morgan fingerprint density at radius 3 is 2.46 bits per heavy atom. The van der Waals surface area contributed by atoms with Crippen LogP contribution in [0.2, 0.25) is 0 Å². The number of carbonyl (C=O) groups is 1. The molecule has 0 saturated carbocycles. The van der Waals surface area contributed by atoms with Crippen LogP contribution in [0.15, 0.2) is 60.9 Å². The van der Waals surface area contributed by atoms with E-state index in [4.69, 9.17) is 0 Å². The summed E-state index contributed by atoms with van der Waals surface area (Å²) in [4.78, 5) is 15.3. The van der Waals surface area contributed by atoms with Gasteiger partial charge in [0.15, 0.2) is 0 Å².